The summed E-state index contributed by atoms with van der Waals surface area (Å²) in [5.74, 6) is 4.15. The number of ether oxygens (including phenoxy) is 1. The lowest BCUT2D eigenvalue weighted by Gasteiger charge is -2.26. The Morgan fingerprint density at radius 3 is 2.29 bits per heavy atom. The normalized spacial score (nSPS) is 15.3. The first-order valence-corrected chi connectivity index (χ1v) is 11.2. The molecule has 4 rings (SSSR count). The Bertz CT molecular complexity index is 1230. The summed E-state index contributed by atoms with van der Waals surface area (Å²) in [4.78, 5) is 0. The van der Waals surface area contributed by atoms with E-state index in [-0.39, 0.29) is 11.7 Å². The maximum Gasteiger partial charge on any atom is 0.573 e. The first-order valence-electron chi connectivity index (χ1n) is 11.2. The predicted octanol–water partition coefficient (Wildman–Crippen LogP) is 7.49. The second-order valence-corrected chi connectivity index (χ2v) is 8.44. The van der Waals surface area contributed by atoms with Crippen molar-refractivity contribution in [3.8, 4) is 17.6 Å². The van der Waals surface area contributed by atoms with Crippen molar-refractivity contribution in [2.24, 2.45) is 0 Å². The molecule has 6 heteroatoms. The van der Waals surface area contributed by atoms with Crippen LogP contribution in [0.5, 0.6) is 5.75 Å². The Kier molecular flexibility index (Phi) is 6.92. The number of benzene rings is 3. The van der Waals surface area contributed by atoms with Gasteiger partial charge in [-0.1, -0.05) is 43.4 Å². The minimum atomic E-state index is -4.73. The molecule has 0 heterocycles. The van der Waals surface area contributed by atoms with Crippen molar-refractivity contribution in [3.63, 3.8) is 0 Å². The van der Waals surface area contributed by atoms with Crippen LogP contribution in [0.2, 0.25) is 0 Å². The Morgan fingerprint density at radius 1 is 0.882 bits per heavy atom. The molecule has 0 amide bonds. The molecule has 0 aliphatic heterocycles. The van der Waals surface area contributed by atoms with E-state index in [9.17, 15) is 22.0 Å². The maximum atomic E-state index is 14.7. The molecular weight excluding hydrogens is 447 g/mol. The zero-order chi connectivity index (χ0) is 24.3. The second-order valence-electron chi connectivity index (χ2n) is 8.44. The lowest BCUT2D eigenvalue weighted by molar-refractivity contribution is -0.274. The van der Waals surface area contributed by atoms with Crippen LogP contribution in [0.25, 0.3) is 0 Å². The van der Waals surface area contributed by atoms with E-state index in [0.717, 1.165) is 29.5 Å². The van der Waals surface area contributed by atoms with Crippen LogP contribution >= 0.6 is 0 Å². The number of alkyl halides is 3. The van der Waals surface area contributed by atoms with Gasteiger partial charge in [0.05, 0.1) is 0 Å². The highest BCUT2D eigenvalue weighted by molar-refractivity contribution is 5.48. The zero-order valence-corrected chi connectivity index (χ0v) is 18.6. The van der Waals surface area contributed by atoms with Crippen molar-refractivity contribution in [3.05, 3.63) is 99.6 Å². The Balaban J connectivity index is 1.47. The van der Waals surface area contributed by atoms with Crippen molar-refractivity contribution >= 4 is 0 Å². The van der Waals surface area contributed by atoms with Crippen LogP contribution in [0.15, 0.2) is 54.6 Å². The number of halogens is 5. The number of hydrogen-bond donors (Lipinski definition) is 0. The molecule has 0 aromatic heterocycles. The summed E-state index contributed by atoms with van der Waals surface area (Å²) in [6, 6.07) is 14.6. The van der Waals surface area contributed by atoms with E-state index in [1.165, 1.54) is 24.3 Å². The van der Waals surface area contributed by atoms with Crippen molar-refractivity contribution in [1.82, 2.24) is 0 Å². The van der Waals surface area contributed by atoms with E-state index in [1.54, 1.807) is 12.1 Å². The summed E-state index contributed by atoms with van der Waals surface area (Å²) < 4.78 is 69.8. The molecule has 0 spiro atoms. The standard InChI is InChI=1S/C28H23F5O/c1-2-3-20-12-15-25(27(30)26(20)29)23-11-10-21-16-19(6-9-22(21)17-23)5-4-18-7-13-24(14-8-18)34-28(31,32)33/h6-9,12-16,23H,2-3,10-11,17H2,1H3. The van der Waals surface area contributed by atoms with Crippen molar-refractivity contribution < 1.29 is 26.7 Å². The van der Waals surface area contributed by atoms with Crippen LogP contribution in [0.3, 0.4) is 0 Å². The van der Waals surface area contributed by atoms with Crippen LogP contribution in [0.4, 0.5) is 22.0 Å². The fourth-order valence-electron chi connectivity index (χ4n) is 4.36. The van der Waals surface area contributed by atoms with Gasteiger partial charge in [-0.05, 0) is 90.3 Å². The molecule has 1 nitrogen and oxygen atoms in total. The highest BCUT2D eigenvalue weighted by Gasteiger charge is 2.31. The first-order chi connectivity index (χ1) is 16.2. The van der Waals surface area contributed by atoms with E-state index in [1.807, 2.05) is 25.1 Å². The van der Waals surface area contributed by atoms with Gasteiger partial charge in [-0.15, -0.1) is 13.2 Å². The summed E-state index contributed by atoms with van der Waals surface area (Å²) in [5, 5.41) is 0. The van der Waals surface area contributed by atoms with Gasteiger partial charge >= 0.3 is 6.36 Å². The zero-order valence-electron chi connectivity index (χ0n) is 18.6. The van der Waals surface area contributed by atoms with E-state index in [2.05, 4.69) is 16.6 Å². The van der Waals surface area contributed by atoms with Gasteiger partial charge in [0.25, 0.3) is 0 Å². The molecule has 3 aromatic rings. The van der Waals surface area contributed by atoms with Crippen molar-refractivity contribution in [1.29, 1.82) is 0 Å². The van der Waals surface area contributed by atoms with Gasteiger partial charge in [-0.3, -0.25) is 0 Å². The molecule has 3 aromatic carbocycles. The molecule has 1 atom stereocenters. The molecule has 1 aliphatic rings. The molecule has 0 saturated heterocycles. The summed E-state index contributed by atoms with van der Waals surface area (Å²) in [6.07, 6.45) is -1.37. The lowest BCUT2D eigenvalue weighted by Crippen LogP contribution is -2.16. The Labute approximate surface area is 195 Å². The largest absolute Gasteiger partial charge is 0.573 e. The van der Waals surface area contributed by atoms with Crippen LogP contribution in [-0.4, -0.2) is 6.36 Å². The third-order valence-corrected chi connectivity index (χ3v) is 6.03. The van der Waals surface area contributed by atoms with Gasteiger partial charge in [-0.2, -0.15) is 0 Å². The van der Waals surface area contributed by atoms with Crippen LogP contribution in [0, 0.1) is 23.5 Å². The SMILES string of the molecule is CCCc1ccc(C2CCc3cc(C#Cc4ccc(OC(F)(F)F)cc4)ccc3C2)c(F)c1F. The Hall–Kier alpha value is -3.33. The highest BCUT2D eigenvalue weighted by atomic mass is 19.4. The summed E-state index contributed by atoms with van der Waals surface area (Å²) in [6.45, 7) is 1.94. The maximum absolute atomic E-state index is 14.7. The van der Waals surface area contributed by atoms with Crippen LogP contribution in [-0.2, 0) is 19.3 Å². The minimum absolute atomic E-state index is 0.0768. The molecule has 176 valence electrons. The number of aryl methyl sites for hydroxylation is 2. The molecular formula is C28H23F5O. The van der Waals surface area contributed by atoms with Gasteiger partial charge in [0.2, 0.25) is 0 Å². The average Bonchev–Trinajstić information content (AvgIpc) is 2.80. The van der Waals surface area contributed by atoms with E-state index < -0.39 is 18.0 Å². The molecule has 0 saturated carbocycles. The van der Waals surface area contributed by atoms with E-state index >= 15 is 0 Å². The third-order valence-electron chi connectivity index (χ3n) is 6.03. The quantitative estimate of drug-likeness (QED) is 0.284. The molecule has 0 bridgehead atoms. The fourth-order valence-corrected chi connectivity index (χ4v) is 4.36. The first kappa shape index (κ1) is 23.8. The minimum Gasteiger partial charge on any atom is -0.406 e. The topological polar surface area (TPSA) is 9.23 Å². The number of hydrogen-bond acceptors (Lipinski definition) is 1. The van der Waals surface area contributed by atoms with Gasteiger partial charge < -0.3 is 4.74 Å². The fraction of sp³-hybridized carbons (Fsp3) is 0.286. The Morgan fingerprint density at radius 2 is 1.59 bits per heavy atom. The van der Waals surface area contributed by atoms with E-state index in [0.29, 0.717) is 36.0 Å². The van der Waals surface area contributed by atoms with E-state index in [4.69, 9.17) is 0 Å². The predicted molar refractivity (Wildman–Crippen MR) is 121 cm³/mol. The molecule has 0 radical (unpaired) electrons. The van der Waals surface area contributed by atoms with Crippen molar-refractivity contribution in [2.75, 3.05) is 0 Å². The molecule has 1 unspecified atom stereocenters. The molecule has 34 heavy (non-hydrogen) atoms. The smallest absolute Gasteiger partial charge is 0.406 e. The molecule has 0 fully saturated rings. The van der Waals surface area contributed by atoms with Gasteiger partial charge in [-0.25, -0.2) is 8.78 Å². The highest BCUT2D eigenvalue weighted by Crippen LogP contribution is 2.35. The van der Waals surface area contributed by atoms with Gasteiger partial charge in [0.1, 0.15) is 5.75 Å². The third kappa shape index (κ3) is 5.59. The van der Waals surface area contributed by atoms with Crippen LogP contribution in [0.1, 0.15) is 59.1 Å². The van der Waals surface area contributed by atoms with Gasteiger partial charge in [0.15, 0.2) is 11.6 Å². The monoisotopic (exact) mass is 470 g/mol. The average molecular weight is 470 g/mol. The molecule has 0 N–H and O–H groups in total. The van der Waals surface area contributed by atoms with Crippen molar-refractivity contribution in [2.45, 2.75) is 51.3 Å². The lowest BCUT2D eigenvalue weighted by atomic mass is 9.79. The molecule has 1 aliphatic carbocycles. The summed E-state index contributed by atoms with van der Waals surface area (Å²) in [5.41, 5.74) is 4.43. The van der Waals surface area contributed by atoms with Gasteiger partial charge in [0, 0.05) is 11.1 Å². The summed E-state index contributed by atoms with van der Waals surface area (Å²) >= 11 is 0. The second kappa shape index (κ2) is 9.89. The number of fused-ring (bicyclic) bond motifs is 1. The van der Waals surface area contributed by atoms with Crippen LogP contribution < -0.4 is 4.74 Å². The number of rotatable bonds is 4. The summed E-state index contributed by atoms with van der Waals surface area (Å²) in [7, 11) is 0.